The maximum absolute atomic E-state index is 12.4. The Bertz CT molecular complexity index is 743. The van der Waals surface area contributed by atoms with Crippen LogP contribution in [0.4, 0.5) is 0 Å². The van der Waals surface area contributed by atoms with Gasteiger partial charge in [-0.3, -0.25) is 4.79 Å². The molecule has 0 aromatic rings. The average Bonchev–Trinajstić information content (AvgIpc) is 3.15. The quantitative estimate of drug-likeness (QED) is 0.0369. The van der Waals surface area contributed by atoms with E-state index in [-0.39, 0.29) is 18.9 Å². The molecule has 0 saturated heterocycles. The Kier molecular flexibility index (Phi) is 43.1. The predicted octanol–water partition coefficient (Wildman–Crippen LogP) is 14.0. The van der Waals surface area contributed by atoms with Gasteiger partial charge in [-0.15, -0.1) is 0 Å². The summed E-state index contributed by atoms with van der Waals surface area (Å²) in [6.07, 6.45) is 52.5. The number of aliphatic hydroxyl groups excluding tert-OH is 3. The first-order valence-corrected chi connectivity index (χ1v) is 24.0. The second kappa shape index (κ2) is 43.8. The third-order valence-corrected chi connectivity index (χ3v) is 11.3. The van der Waals surface area contributed by atoms with E-state index in [1.807, 2.05) is 6.08 Å². The van der Waals surface area contributed by atoms with Gasteiger partial charge in [-0.2, -0.15) is 0 Å². The van der Waals surface area contributed by atoms with Crippen molar-refractivity contribution in [3.8, 4) is 0 Å². The number of rotatable bonds is 44. The highest BCUT2D eigenvalue weighted by molar-refractivity contribution is 5.76. The Morgan fingerprint density at radius 2 is 0.774 bits per heavy atom. The molecular weight excluding hydrogens is 655 g/mol. The number of aliphatic hydroxyl groups is 3. The largest absolute Gasteiger partial charge is 0.394 e. The lowest BCUT2D eigenvalue weighted by Gasteiger charge is -2.21. The van der Waals surface area contributed by atoms with Crippen molar-refractivity contribution in [2.75, 3.05) is 6.61 Å². The molecule has 5 nitrogen and oxygen atoms in total. The number of hydrogen-bond donors (Lipinski definition) is 4. The first-order valence-electron chi connectivity index (χ1n) is 24.0. The summed E-state index contributed by atoms with van der Waals surface area (Å²) >= 11 is 0. The van der Waals surface area contributed by atoms with E-state index in [2.05, 4.69) is 19.2 Å². The zero-order chi connectivity index (χ0) is 38.7. The van der Waals surface area contributed by atoms with Crippen molar-refractivity contribution >= 4 is 5.91 Å². The minimum Gasteiger partial charge on any atom is -0.394 e. The molecule has 3 atom stereocenters. The molecular formula is C48H95NO4. The van der Waals surface area contributed by atoms with Crippen LogP contribution in [0, 0.1) is 0 Å². The molecule has 0 fully saturated rings. The number of nitrogens with one attached hydrogen (secondary N) is 1. The van der Waals surface area contributed by atoms with Crippen molar-refractivity contribution in [2.45, 2.75) is 283 Å². The normalized spacial score (nSPS) is 13.5. The topological polar surface area (TPSA) is 89.8 Å². The van der Waals surface area contributed by atoms with Gasteiger partial charge in [-0.1, -0.05) is 251 Å². The molecule has 4 N–H and O–H groups in total. The summed E-state index contributed by atoms with van der Waals surface area (Å²) in [5.74, 6) is -0.313. The van der Waals surface area contributed by atoms with Crippen LogP contribution >= 0.6 is 0 Å². The van der Waals surface area contributed by atoms with Crippen molar-refractivity contribution in [3.63, 3.8) is 0 Å². The number of unbranched alkanes of at least 4 members (excludes halogenated alkanes) is 35. The number of amides is 1. The van der Waals surface area contributed by atoms with Gasteiger partial charge in [-0.05, 0) is 19.3 Å². The molecule has 0 aliphatic carbocycles. The van der Waals surface area contributed by atoms with E-state index >= 15 is 0 Å². The minimum absolute atomic E-state index is 0.0184. The fourth-order valence-corrected chi connectivity index (χ4v) is 7.64. The molecule has 3 unspecified atom stereocenters. The summed E-state index contributed by atoms with van der Waals surface area (Å²) in [6.45, 7) is 4.20. The van der Waals surface area contributed by atoms with Crippen LogP contribution in [0.25, 0.3) is 0 Å². The average molecular weight is 750 g/mol. The Morgan fingerprint density at radius 1 is 0.472 bits per heavy atom. The minimum atomic E-state index is -0.922. The van der Waals surface area contributed by atoms with Gasteiger partial charge < -0.3 is 20.6 Å². The van der Waals surface area contributed by atoms with E-state index < -0.39 is 18.2 Å². The van der Waals surface area contributed by atoms with Crippen LogP contribution in [-0.4, -0.2) is 46.1 Å². The molecule has 0 saturated carbocycles. The summed E-state index contributed by atoms with van der Waals surface area (Å²) in [6, 6.07) is -0.738. The standard InChI is InChI=1S/C48H95NO4/c1-3-5-7-9-11-13-14-15-16-17-18-19-20-21-22-23-24-25-26-27-28-29-30-31-32-34-35-37-39-41-45(51)43-48(53)49-46(44-50)47(52)42-40-38-36-33-12-10-8-6-4-2/h40,42,45-47,50-52H,3-39,41,43-44H2,1-2H3,(H,49,53)/b42-40+. The molecule has 0 radical (unpaired) electrons. The highest BCUT2D eigenvalue weighted by Gasteiger charge is 2.20. The monoisotopic (exact) mass is 750 g/mol. The van der Waals surface area contributed by atoms with Gasteiger partial charge in [0.1, 0.15) is 0 Å². The fraction of sp³-hybridized carbons (Fsp3) is 0.938. The summed E-state index contributed by atoms with van der Waals surface area (Å²) in [4.78, 5) is 12.4. The third kappa shape index (κ3) is 40.6. The van der Waals surface area contributed by atoms with E-state index in [9.17, 15) is 20.1 Å². The van der Waals surface area contributed by atoms with E-state index in [0.29, 0.717) is 6.42 Å². The Balaban J connectivity index is 3.45. The Hall–Kier alpha value is -0.910. The molecule has 0 bridgehead atoms. The Labute approximate surface area is 331 Å². The summed E-state index contributed by atoms with van der Waals surface area (Å²) in [5, 5.41) is 33.1. The van der Waals surface area contributed by atoms with Crippen LogP contribution in [0.5, 0.6) is 0 Å². The lowest BCUT2D eigenvalue weighted by atomic mass is 10.0. The zero-order valence-corrected chi connectivity index (χ0v) is 35.9. The van der Waals surface area contributed by atoms with Crippen LogP contribution in [0.3, 0.4) is 0 Å². The second-order valence-electron chi connectivity index (χ2n) is 16.7. The van der Waals surface area contributed by atoms with Crippen molar-refractivity contribution in [3.05, 3.63) is 12.2 Å². The fourth-order valence-electron chi connectivity index (χ4n) is 7.64. The zero-order valence-electron chi connectivity index (χ0n) is 35.9. The third-order valence-electron chi connectivity index (χ3n) is 11.3. The molecule has 0 heterocycles. The van der Waals surface area contributed by atoms with Crippen LogP contribution in [0.15, 0.2) is 12.2 Å². The van der Waals surface area contributed by atoms with Gasteiger partial charge in [-0.25, -0.2) is 0 Å². The SMILES string of the molecule is CCCCCCCCC/C=C/C(O)C(CO)NC(=O)CC(O)CCCCCCCCCCCCCCCCCCCCCCCCCCCCCCC. The molecule has 0 aromatic carbocycles. The van der Waals surface area contributed by atoms with E-state index in [0.717, 1.165) is 25.7 Å². The van der Waals surface area contributed by atoms with E-state index in [1.54, 1.807) is 6.08 Å². The summed E-state index contributed by atoms with van der Waals surface area (Å²) < 4.78 is 0. The van der Waals surface area contributed by atoms with Crippen LogP contribution in [0.2, 0.25) is 0 Å². The van der Waals surface area contributed by atoms with Crippen LogP contribution < -0.4 is 5.32 Å². The molecule has 316 valence electrons. The molecule has 53 heavy (non-hydrogen) atoms. The number of carbonyl (C=O) groups excluding carboxylic acids is 1. The highest BCUT2D eigenvalue weighted by Crippen LogP contribution is 2.17. The smallest absolute Gasteiger partial charge is 0.222 e. The molecule has 0 aromatic heterocycles. The van der Waals surface area contributed by atoms with Gasteiger partial charge in [0.25, 0.3) is 0 Å². The van der Waals surface area contributed by atoms with E-state index in [1.165, 1.54) is 212 Å². The number of allylic oxidation sites excluding steroid dienone is 1. The number of carbonyl (C=O) groups is 1. The predicted molar refractivity (Wildman–Crippen MR) is 232 cm³/mol. The molecule has 5 heteroatoms. The lowest BCUT2D eigenvalue weighted by molar-refractivity contribution is -0.124. The van der Waals surface area contributed by atoms with Crippen molar-refractivity contribution < 1.29 is 20.1 Å². The van der Waals surface area contributed by atoms with Gasteiger partial charge in [0, 0.05) is 0 Å². The van der Waals surface area contributed by atoms with Gasteiger partial charge >= 0.3 is 0 Å². The second-order valence-corrected chi connectivity index (χ2v) is 16.7. The van der Waals surface area contributed by atoms with Crippen molar-refractivity contribution in [2.24, 2.45) is 0 Å². The van der Waals surface area contributed by atoms with Crippen molar-refractivity contribution in [1.29, 1.82) is 0 Å². The van der Waals surface area contributed by atoms with Crippen LogP contribution in [-0.2, 0) is 4.79 Å². The Morgan fingerprint density at radius 3 is 1.09 bits per heavy atom. The summed E-state index contributed by atoms with van der Waals surface area (Å²) in [5.41, 5.74) is 0. The highest BCUT2D eigenvalue weighted by atomic mass is 16.3. The molecule has 0 rings (SSSR count). The number of hydrogen-bond acceptors (Lipinski definition) is 4. The van der Waals surface area contributed by atoms with Gasteiger partial charge in [0.2, 0.25) is 5.91 Å². The van der Waals surface area contributed by atoms with E-state index in [4.69, 9.17) is 0 Å². The summed E-state index contributed by atoms with van der Waals surface area (Å²) in [7, 11) is 0. The maximum Gasteiger partial charge on any atom is 0.222 e. The van der Waals surface area contributed by atoms with Gasteiger partial charge in [0.05, 0.1) is 31.3 Å². The van der Waals surface area contributed by atoms with Crippen LogP contribution in [0.1, 0.15) is 264 Å². The van der Waals surface area contributed by atoms with Crippen molar-refractivity contribution in [1.82, 2.24) is 5.32 Å². The molecule has 0 aliphatic rings. The maximum atomic E-state index is 12.4. The first-order chi connectivity index (χ1) is 26.0. The first kappa shape index (κ1) is 52.1. The molecule has 1 amide bonds. The molecule has 0 aliphatic heterocycles. The molecule has 0 spiro atoms. The van der Waals surface area contributed by atoms with Gasteiger partial charge in [0.15, 0.2) is 0 Å². The lowest BCUT2D eigenvalue weighted by Crippen LogP contribution is -2.45.